The lowest BCUT2D eigenvalue weighted by Crippen LogP contribution is -2.31. The number of hydrogen-bond donors (Lipinski definition) is 1. The maximum Gasteiger partial charge on any atom is 0.227 e. The number of nitrogens with one attached hydrogen (secondary N) is 1. The highest BCUT2D eigenvalue weighted by Crippen LogP contribution is 2.40. The summed E-state index contributed by atoms with van der Waals surface area (Å²) in [5, 5.41) is 3.25. The van der Waals surface area contributed by atoms with E-state index in [1.54, 1.807) is 35.5 Å². The van der Waals surface area contributed by atoms with Gasteiger partial charge in [-0.2, -0.15) is 0 Å². The van der Waals surface area contributed by atoms with E-state index in [1.165, 1.54) is 0 Å². The van der Waals surface area contributed by atoms with Gasteiger partial charge in [0.1, 0.15) is 11.5 Å². The van der Waals surface area contributed by atoms with Gasteiger partial charge in [0.15, 0.2) is 11.5 Å². The molecule has 1 aromatic heterocycles. The van der Waals surface area contributed by atoms with Crippen LogP contribution < -0.4 is 29.0 Å². The van der Waals surface area contributed by atoms with Crippen molar-refractivity contribution in [2.75, 3.05) is 47.4 Å². The molecule has 180 valence electrons. The van der Waals surface area contributed by atoms with Crippen LogP contribution in [0, 0.1) is 0 Å². The summed E-state index contributed by atoms with van der Waals surface area (Å²) in [7, 11) is 8.14. The standard InChI is InChI=1S/C25H30N4O5/c1-30-18-7-9-21(31-2)20(12-18)28-25-26-13-17-15-29(11-10-19(17)27-25)14-16-6-8-22(32-3)24(34-5)23(16)33-4/h6-9,12-13H,10-11,14-15H2,1-5H3,(H,26,27,28). The molecule has 34 heavy (non-hydrogen) atoms. The van der Waals surface area contributed by atoms with Crippen LogP contribution in [0.5, 0.6) is 28.7 Å². The Bertz CT molecular complexity index is 1150. The van der Waals surface area contributed by atoms with E-state index in [9.17, 15) is 0 Å². The van der Waals surface area contributed by atoms with Crippen molar-refractivity contribution in [3.8, 4) is 28.7 Å². The Kier molecular flexibility index (Phi) is 7.22. The van der Waals surface area contributed by atoms with Gasteiger partial charge in [0.05, 0.1) is 46.9 Å². The number of aromatic nitrogens is 2. The summed E-state index contributed by atoms with van der Waals surface area (Å²) in [4.78, 5) is 11.6. The number of fused-ring (bicyclic) bond motifs is 1. The predicted molar refractivity (Wildman–Crippen MR) is 129 cm³/mol. The lowest BCUT2D eigenvalue weighted by molar-refractivity contribution is 0.237. The average molecular weight is 467 g/mol. The van der Waals surface area contributed by atoms with Gasteiger partial charge in [-0.15, -0.1) is 0 Å². The minimum atomic E-state index is 0.528. The molecule has 0 saturated carbocycles. The van der Waals surface area contributed by atoms with E-state index >= 15 is 0 Å². The summed E-state index contributed by atoms with van der Waals surface area (Å²) >= 11 is 0. The van der Waals surface area contributed by atoms with E-state index in [0.29, 0.717) is 35.5 Å². The van der Waals surface area contributed by atoms with E-state index in [0.717, 1.165) is 47.8 Å². The Balaban J connectivity index is 1.50. The van der Waals surface area contributed by atoms with Crippen molar-refractivity contribution in [1.82, 2.24) is 14.9 Å². The molecule has 9 heteroatoms. The van der Waals surface area contributed by atoms with E-state index in [1.807, 2.05) is 36.5 Å². The van der Waals surface area contributed by atoms with Gasteiger partial charge in [0.2, 0.25) is 11.7 Å². The van der Waals surface area contributed by atoms with Crippen molar-refractivity contribution in [3.63, 3.8) is 0 Å². The van der Waals surface area contributed by atoms with E-state index in [4.69, 9.17) is 28.7 Å². The molecule has 3 aromatic rings. The van der Waals surface area contributed by atoms with Crippen LogP contribution in [-0.4, -0.2) is 57.0 Å². The molecule has 2 aromatic carbocycles. The minimum Gasteiger partial charge on any atom is -0.497 e. The number of hydrogen-bond acceptors (Lipinski definition) is 9. The van der Waals surface area contributed by atoms with Crippen LogP contribution in [0.15, 0.2) is 36.5 Å². The Labute approximate surface area is 199 Å². The monoisotopic (exact) mass is 466 g/mol. The number of nitrogens with zero attached hydrogens (tertiary/aromatic N) is 3. The first-order valence-corrected chi connectivity index (χ1v) is 10.9. The van der Waals surface area contributed by atoms with Crippen molar-refractivity contribution in [2.45, 2.75) is 19.5 Å². The third-order valence-corrected chi connectivity index (χ3v) is 5.85. The fraction of sp³-hybridized carbons (Fsp3) is 0.360. The summed E-state index contributed by atoms with van der Waals surface area (Å²) in [6.07, 6.45) is 2.70. The third kappa shape index (κ3) is 4.79. The smallest absolute Gasteiger partial charge is 0.227 e. The van der Waals surface area contributed by atoms with Crippen LogP contribution in [0.1, 0.15) is 16.8 Å². The zero-order valence-corrected chi connectivity index (χ0v) is 20.2. The topological polar surface area (TPSA) is 87.2 Å². The van der Waals surface area contributed by atoms with E-state index in [-0.39, 0.29) is 0 Å². The molecule has 0 radical (unpaired) electrons. The minimum absolute atomic E-state index is 0.528. The van der Waals surface area contributed by atoms with Gasteiger partial charge in [-0.05, 0) is 18.2 Å². The zero-order chi connectivity index (χ0) is 24.1. The maximum atomic E-state index is 5.64. The molecule has 0 spiro atoms. The third-order valence-electron chi connectivity index (χ3n) is 5.85. The SMILES string of the molecule is COc1ccc(OC)c(Nc2ncc3c(n2)CCN(Cc2ccc(OC)c(OC)c2OC)C3)c1. The first kappa shape index (κ1) is 23.4. The Hall–Kier alpha value is -3.72. The molecule has 1 aliphatic heterocycles. The molecule has 2 heterocycles. The molecule has 0 fully saturated rings. The van der Waals surface area contributed by atoms with Crippen molar-refractivity contribution < 1.29 is 23.7 Å². The maximum absolute atomic E-state index is 5.64. The second-order valence-corrected chi connectivity index (χ2v) is 7.81. The molecule has 0 amide bonds. The average Bonchev–Trinajstić information content (AvgIpc) is 2.88. The number of methoxy groups -OCH3 is 5. The van der Waals surface area contributed by atoms with Crippen LogP contribution >= 0.6 is 0 Å². The van der Waals surface area contributed by atoms with Crippen molar-refractivity contribution >= 4 is 11.6 Å². The summed E-state index contributed by atoms with van der Waals surface area (Å²) in [5.74, 6) is 3.88. The van der Waals surface area contributed by atoms with Crippen LogP contribution in [0.3, 0.4) is 0 Å². The second-order valence-electron chi connectivity index (χ2n) is 7.81. The molecule has 4 rings (SSSR count). The predicted octanol–water partition coefficient (Wildman–Crippen LogP) is 3.82. The van der Waals surface area contributed by atoms with Gasteiger partial charge in [-0.3, -0.25) is 4.90 Å². The van der Waals surface area contributed by atoms with Crippen LogP contribution in [0.4, 0.5) is 11.6 Å². The molecule has 1 aliphatic rings. The Morgan fingerprint density at radius 2 is 1.65 bits per heavy atom. The van der Waals surface area contributed by atoms with Gasteiger partial charge in [-0.25, -0.2) is 9.97 Å². The molecule has 0 atom stereocenters. The highest BCUT2D eigenvalue weighted by Gasteiger charge is 2.22. The van der Waals surface area contributed by atoms with Crippen molar-refractivity contribution in [3.05, 3.63) is 53.3 Å². The van der Waals surface area contributed by atoms with E-state index in [2.05, 4.69) is 15.2 Å². The van der Waals surface area contributed by atoms with Gasteiger partial charge < -0.3 is 29.0 Å². The van der Waals surface area contributed by atoms with Gasteiger partial charge >= 0.3 is 0 Å². The first-order valence-electron chi connectivity index (χ1n) is 10.9. The Morgan fingerprint density at radius 1 is 0.882 bits per heavy atom. The molecule has 9 nitrogen and oxygen atoms in total. The number of anilines is 2. The fourth-order valence-electron chi connectivity index (χ4n) is 4.13. The summed E-state index contributed by atoms with van der Waals surface area (Å²) < 4.78 is 27.3. The lowest BCUT2D eigenvalue weighted by atomic mass is 10.1. The van der Waals surface area contributed by atoms with Crippen molar-refractivity contribution in [2.24, 2.45) is 0 Å². The zero-order valence-electron chi connectivity index (χ0n) is 20.2. The highest BCUT2D eigenvalue weighted by atomic mass is 16.5. The van der Waals surface area contributed by atoms with Crippen LogP contribution in [0.2, 0.25) is 0 Å². The van der Waals surface area contributed by atoms with Crippen LogP contribution in [-0.2, 0) is 19.5 Å². The summed E-state index contributed by atoms with van der Waals surface area (Å²) in [6, 6.07) is 9.47. The van der Waals surface area contributed by atoms with Crippen LogP contribution in [0.25, 0.3) is 0 Å². The van der Waals surface area contributed by atoms with Gasteiger partial charge in [0, 0.05) is 49.4 Å². The molecule has 0 aliphatic carbocycles. The first-order chi connectivity index (χ1) is 16.6. The molecular formula is C25H30N4O5. The molecule has 0 saturated heterocycles. The lowest BCUT2D eigenvalue weighted by Gasteiger charge is -2.29. The van der Waals surface area contributed by atoms with Gasteiger partial charge in [0.25, 0.3) is 0 Å². The number of ether oxygens (including phenoxy) is 5. The quantitative estimate of drug-likeness (QED) is 0.506. The summed E-state index contributed by atoms with van der Waals surface area (Å²) in [6.45, 7) is 2.32. The largest absolute Gasteiger partial charge is 0.497 e. The summed E-state index contributed by atoms with van der Waals surface area (Å²) in [5.41, 5.74) is 3.93. The normalized spacial score (nSPS) is 13.1. The highest BCUT2D eigenvalue weighted by molar-refractivity contribution is 5.65. The molecule has 0 bridgehead atoms. The molecule has 1 N–H and O–H groups in total. The van der Waals surface area contributed by atoms with Gasteiger partial charge in [-0.1, -0.05) is 6.07 Å². The fourth-order valence-corrected chi connectivity index (χ4v) is 4.13. The second kappa shape index (κ2) is 10.5. The Morgan fingerprint density at radius 3 is 2.35 bits per heavy atom. The number of benzene rings is 2. The molecular weight excluding hydrogens is 436 g/mol. The number of rotatable bonds is 9. The van der Waals surface area contributed by atoms with Crippen molar-refractivity contribution in [1.29, 1.82) is 0 Å². The molecule has 0 unspecified atom stereocenters. The van der Waals surface area contributed by atoms with E-state index < -0.39 is 0 Å².